The minimum Gasteiger partial charge on any atom is -0.495 e. The number of nitrogens with one attached hydrogen (secondary N) is 3. The largest absolute Gasteiger partial charge is 0.495 e. The first-order valence-electron chi connectivity index (χ1n) is 10.7. The van der Waals surface area contributed by atoms with Crippen molar-refractivity contribution in [2.24, 2.45) is 0 Å². The third kappa shape index (κ3) is 5.33. The van der Waals surface area contributed by atoms with E-state index in [0.29, 0.717) is 19.6 Å². The number of carbonyl (C=O) groups is 1. The molecule has 0 aromatic heterocycles. The molecule has 0 saturated carbocycles. The van der Waals surface area contributed by atoms with Crippen LogP contribution in [-0.2, 0) is 26.1 Å². The van der Waals surface area contributed by atoms with Gasteiger partial charge in [-0.1, -0.05) is 18.2 Å². The van der Waals surface area contributed by atoms with Crippen LogP contribution in [0.15, 0.2) is 47.4 Å². The summed E-state index contributed by atoms with van der Waals surface area (Å²) < 4.78 is 51.4. The Morgan fingerprint density at radius 1 is 1.18 bits per heavy atom. The maximum absolute atomic E-state index is 13.2. The number of ether oxygens (including phenoxy) is 2. The van der Waals surface area contributed by atoms with E-state index >= 15 is 0 Å². The molecule has 2 heterocycles. The summed E-state index contributed by atoms with van der Waals surface area (Å²) in [5.74, 6) is -0.266. The van der Waals surface area contributed by atoms with E-state index in [1.54, 1.807) is 30.3 Å². The average molecular weight is 479 g/mol. The van der Waals surface area contributed by atoms with E-state index in [1.807, 2.05) is 0 Å². The van der Waals surface area contributed by atoms with Gasteiger partial charge in [-0.2, -0.15) is 4.31 Å². The molecule has 2 aliphatic heterocycles. The fourth-order valence-electron chi connectivity index (χ4n) is 3.90. The Hall–Kier alpha value is -2.57. The molecule has 2 fully saturated rings. The lowest BCUT2D eigenvalue weighted by atomic mass is 10.0. The molecule has 0 spiro atoms. The molecule has 2 unspecified atom stereocenters. The molecule has 0 aliphatic carbocycles. The Bertz CT molecular complexity index is 1090. The highest BCUT2D eigenvalue weighted by atomic mass is 32.2. The fraction of sp³-hybridized carbons (Fsp3) is 0.409. The van der Waals surface area contributed by atoms with Crippen LogP contribution >= 0.6 is 0 Å². The van der Waals surface area contributed by atoms with Crippen molar-refractivity contribution in [1.82, 2.24) is 20.5 Å². The standard InChI is InChI=1S/C22H27FN4O5S/c1-31-20-7-4-16(12-21(20)33(29,30)27-8-10-32-11-9-27)18-13-19(26-25-18)22(28)24-14-15-2-5-17(23)6-3-15/h2-7,12,18-19,25-26H,8-11,13-14H2,1H3,(H,24,28). The molecular formula is C22H27FN4O5S. The lowest BCUT2D eigenvalue weighted by molar-refractivity contribution is -0.123. The number of hydrazine groups is 1. The number of amides is 1. The molecular weight excluding hydrogens is 451 g/mol. The van der Waals surface area contributed by atoms with Gasteiger partial charge in [-0.25, -0.2) is 23.7 Å². The smallest absolute Gasteiger partial charge is 0.246 e. The van der Waals surface area contributed by atoms with Gasteiger partial charge in [-0.05, 0) is 41.8 Å². The van der Waals surface area contributed by atoms with E-state index in [2.05, 4.69) is 16.2 Å². The molecule has 0 radical (unpaired) electrons. The van der Waals surface area contributed by atoms with E-state index in [9.17, 15) is 17.6 Å². The zero-order valence-corrected chi connectivity index (χ0v) is 19.0. The van der Waals surface area contributed by atoms with Gasteiger partial charge in [-0.3, -0.25) is 4.79 Å². The van der Waals surface area contributed by atoms with Gasteiger partial charge in [0.1, 0.15) is 22.5 Å². The van der Waals surface area contributed by atoms with Crippen molar-refractivity contribution in [3.63, 3.8) is 0 Å². The molecule has 2 aliphatic rings. The van der Waals surface area contributed by atoms with Crippen molar-refractivity contribution in [2.75, 3.05) is 33.4 Å². The molecule has 33 heavy (non-hydrogen) atoms. The highest BCUT2D eigenvalue weighted by Gasteiger charge is 2.33. The van der Waals surface area contributed by atoms with Crippen molar-refractivity contribution in [3.05, 3.63) is 59.4 Å². The molecule has 11 heteroatoms. The van der Waals surface area contributed by atoms with Gasteiger partial charge in [0, 0.05) is 25.7 Å². The van der Waals surface area contributed by atoms with Crippen LogP contribution in [0.3, 0.4) is 0 Å². The van der Waals surface area contributed by atoms with Gasteiger partial charge in [0.2, 0.25) is 15.9 Å². The van der Waals surface area contributed by atoms with Crippen molar-refractivity contribution in [3.8, 4) is 5.75 Å². The normalized spacial score (nSPS) is 21.6. The third-order valence-corrected chi connectivity index (χ3v) is 7.70. The van der Waals surface area contributed by atoms with Gasteiger partial charge in [0.05, 0.1) is 20.3 Å². The predicted molar refractivity (Wildman–Crippen MR) is 118 cm³/mol. The van der Waals surface area contributed by atoms with E-state index in [4.69, 9.17) is 9.47 Å². The van der Waals surface area contributed by atoms with Crippen molar-refractivity contribution in [2.45, 2.75) is 29.9 Å². The highest BCUT2D eigenvalue weighted by Crippen LogP contribution is 2.32. The molecule has 0 bridgehead atoms. The number of halogens is 1. The fourth-order valence-corrected chi connectivity index (χ4v) is 5.50. The Kier molecular flexibility index (Phi) is 7.25. The topological polar surface area (TPSA) is 109 Å². The maximum atomic E-state index is 13.2. The summed E-state index contributed by atoms with van der Waals surface area (Å²) in [7, 11) is -2.32. The summed E-state index contributed by atoms with van der Waals surface area (Å²) in [5.41, 5.74) is 7.56. The number of carbonyl (C=O) groups excluding carboxylic acids is 1. The number of methoxy groups -OCH3 is 1. The first kappa shape index (κ1) is 23.6. The van der Waals surface area contributed by atoms with Crippen LogP contribution in [0.2, 0.25) is 0 Å². The predicted octanol–water partition coefficient (Wildman–Crippen LogP) is 1.08. The Morgan fingerprint density at radius 3 is 2.61 bits per heavy atom. The van der Waals surface area contributed by atoms with Crippen LogP contribution in [0.4, 0.5) is 4.39 Å². The van der Waals surface area contributed by atoms with Crippen molar-refractivity contribution < 1.29 is 27.1 Å². The summed E-state index contributed by atoms with van der Waals surface area (Å²) >= 11 is 0. The molecule has 3 N–H and O–H groups in total. The van der Waals surface area contributed by atoms with Crippen molar-refractivity contribution >= 4 is 15.9 Å². The molecule has 9 nitrogen and oxygen atoms in total. The number of hydrogen-bond acceptors (Lipinski definition) is 7. The zero-order valence-electron chi connectivity index (χ0n) is 18.2. The van der Waals surface area contributed by atoms with Gasteiger partial charge < -0.3 is 14.8 Å². The van der Waals surface area contributed by atoms with Crippen molar-refractivity contribution in [1.29, 1.82) is 0 Å². The van der Waals surface area contributed by atoms with Crippen LogP contribution in [0.5, 0.6) is 5.75 Å². The molecule has 178 valence electrons. The highest BCUT2D eigenvalue weighted by molar-refractivity contribution is 7.89. The summed E-state index contributed by atoms with van der Waals surface area (Å²) in [5, 5.41) is 2.83. The summed E-state index contributed by atoms with van der Waals surface area (Å²) in [6.07, 6.45) is 0.429. The van der Waals surface area contributed by atoms with Crippen LogP contribution in [0.25, 0.3) is 0 Å². The van der Waals surface area contributed by atoms with Crippen LogP contribution in [0, 0.1) is 5.82 Å². The second-order valence-corrected chi connectivity index (χ2v) is 9.81. The molecule has 1 amide bonds. The summed E-state index contributed by atoms with van der Waals surface area (Å²) in [6.45, 7) is 1.56. The number of benzene rings is 2. The number of sulfonamides is 1. The molecule has 2 atom stereocenters. The summed E-state index contributed by atoms with van der Waals surface area (Å²) in [4.78, 5) is 12.7. The third-order valence-electron chi connectivity index (χ3n) is 5.78. The van der Waals surface area contributed by atoms with Crippen LogP contribution in [0.1, 0.15) is 23.6 Å². The van der Waals surface area contributed by atoms with E-state index in [0.717, 1.165) is 11.1 Å². The maximum Gasteiger partial charge on any atom is 0.246 e. The number of nitrogens with zero attached hydrogens (tertiary/aromatic N) is 1. The minimum atomic E-state index is -3.75. The number of hydrogen-bond donors (Lipinski definition) is 3. The summed E-state index contributed by atoms with van der Waals surface area (Å²) in [6, 6.07) is 10.2. The van der Waals surface area contributed by atoms with E-state index < -0.39 is 16.1 Å². The second-order valence-electron chi connectivity index (χ2n) is 7.90. The van der Waals surface area contributed by atoms with Crippen LogP contribution in [-0.4, -0.2) is 58.1 Å². The first-order valence-corrected chi connectivity index (χ1v) is 12.1. The minimum absolute atomic E-state index is 0.0930. The van der Waals surface area contributed by atoms with Gasteiger partial charge in [0.25, 0.3) is 0 Å². The lowest BCUT2D eigenvalue weighted by Crippen LogP contribution is -2.42. The van der Waals surface area contributed by atoms with Gasteiger partial charge >= 0.3 is 0 Å². The Balaban J connectivity index is 1.44. The monoisotopic (exact) mass is 478 g/mol. The van der Waals surface area contributed by atoms with E-state index in [1.165, 1.54) is 23.5 Å². The van der Waals surface area contributed by atoms with Gasteiger partial charge in [0.15, 0.2) is 0 Å². The zero-order chi connectivity index (χ0) is 23.4. The SMILES string of the molecule is COc1ccc(C2CC(C(=O)NCc3ccc(F)cc3)NN2)cc1S(=O)(=O)N1CCOCC1. The Morgan fingerprint density at radius 2 is 1.91 bits per heavy atom. The number of morpholine rings is 1. The average Bonchev–Trinajstić information content (AvgIpc) is 3.34. The molecule has 2 aromatic carbocycles. The van der Waals surface area contributed by atoms with E-state index in [-0.39, 0.29) is 48.0 Å². The second kappa shape index (κ2) is 10.1. The molecule has 2 aromatic rings. The number of rotatable bonds is 7. The molecule has 4 rings (SSSR count). The van der Waals surface area contributed by atoms with Gasteiger partial charge in [-0.15, -0.1) is 0 Å². The quantitative estimate of drug-likeness (QED) is 0.546. The lowest BCUT2D eigenvalue weighted by Gasteiger charge is -2.27. The Labute approximate surface area is 192 Å². The first-order chi connectivity index (χ1) is 15.9. The van der Waals surface area contributed by atoms with Crippen LogP contribution < -0.4 is 20.9 Å². The molecule has 2 saturated heterocycles.